The van der Waals surface area contributed by atoms with Crippen molar-refractivity contribution in [1.29, 1.82) is 0 Å². The summed E-state index contributed by atoms with van der Waals surface area (Å²) >= 11 is 3.76. The molecular formula is C120H74N6S2. The number of benzene rings is 18. The predicted octanol–water partition coefficient (Wildman–Crippen LogP) is 30.7. The molecule has 6 heterocycles. The van der Waals surface area contributed by atoms with E-state index in [9.17, 15) is 0 Å². The third-order valence-electron chi connectivity index (χ3n) is 26.3. The van der Waals surface area contributed by atoms with Crippen LogP contribution in [0.5, 0.6) is 0 Å². The highest BCUT2D eigenvalue weighted by Crippen LogP contribution is 2.65. The van der Waals surface area contributed by atoms with Crippen molar-refractivity contribution >= 4 is 66.9 Å². The molecule has 6 nitrogen and oxygen atoms in total. The molecule has 0 saturated heterocycles. The van der Waals surface area contributed by atoms with E-state index in [2.05, 4.69) is 400 Å². The maximum absolute atomic E-state index is 5.56. The lowest BCUT2D eigenvalue weighted by molar-refractivity contribution is 0.723. The normalized spacial score (nSPS) is 13.1. The molecule has 128 heavy (non-hydrogen) atoms. The predicted molar refractivity (Wildman–Crippen MR) is 527 cm³/mol. The molecule has 2 spiro atoms. The summed E-state index contributed by atoms with van der Waals surface area (Å²) < 4.78 is 0. The van der Waals surface area contributed by atoms with Crippen LogP contribution in [0.1, 0.15) is 44.5 Å². The molecule has 0 bridgehead atoms. The second-order valence-corrected chi connectivity index (χ2v) is 35.5. The van der Waals surface area contributed by atoms with Crippen LogP contribution in [0, 0.1) is 0 Å². The second kappa shape index (κ2) is 30.5. The Bertz CT molecular complexity index is 8030. The minimum Gasteiger partial charge on any atom is -0.247 e. The lowest BCUT2D eigenvalue weighted by atomic mass is 9.67. The highest BCUT2D eigenvalue weighted by atomic mass is 32.2. The molecule has 26 rings (SSSR count). The van der Waals surface area contributed by atoms with E-state index >= 15 is 0 Å². The molecule has 0 N–H and O–H groups in total. The van der Waals surface area contributed by atoms with Crippen molar-refractivity contribution in [2.75, 3.05) is 0 Å². The van der Waals surface area contributed by atoms with Crippen molar-refractivity contribution in [2.45, 2.75) is 30.4 Å². The summed E-state index contributed by atoms with van der Waals surface area (Å²) in [4.78, 5) is 36.6. The van der Waals surface area contributed by atoms with Crippen LogP contribution in [-0.2, 0) is 10.8 Å². The summed E-state index contributed by atoms with van der Waals surface area (Å²) in [6.07, 6.45) is 0. The molecule has 4 aromatic heterocycles. The summed E-state index contributed by atoms with van der Waals surface area (Å²) in [5, 5.41) is 6.98. The van der Waals surface area contributed by atoms with Crippen LogP contribution in [0.4, 0.5) is 0 Å². The molecule has 0 fully saturated rings. The first-order valence-corrected chi connectivity index (χ1v) is 45.1. The van der Waals surface area contributed by atoms with Crippen molar-refractivity contribution in [1.82, 2.24) is 29.9 Å². The molecule has 4 aliphatic rings. The average molecular weight is 1660 g/mol. The molecule has 596 valence electrons. The largest absolute Gasteiger partial charge is 0.247 e. The van der Waals surface area contributed by atoms with Crippen molar-refractivity contribution in [3.8, 4) is 135 Å². The molecule has 18 aromatic carbocycles. The van der Waals surface area contributed by atoms with Crippen LogP contribution in [0.2, 0.25) is 0 Å². The SMILES string of the molecule is c1ccc(-c2cc(-c3ccc(-c4ccc5c(c4)nc(-c4ccccc4)c4cc6c(cc45)C4(c5ccccc5Sc5ccccc54)c4ccccc4-6)cc3)nc(-c3ccccc3)n2)cc1.c1ccc(-c2cc(-c3cccc(-c4ccc5c(c4)nc(-c4ccccc4)c4cc6c(cc45)C4(c5ccccc5Sc5ccccc54)c4ccccc4-6)c3)nc(-c3ccccc3)n2)cc1. The molecule has 0 saturated carbocycles. The summed E-state index contributed by atoms with van der Waals surface area (Å²) in [6, 6.07) is 162. The van der Waals surface area contributed by atoms with E-state index in [4.69, 9.17) is 29.9 Å². The van der Waals surface area contributed by atoms with E-state index in [1.54, 1.807) is 0 Å². The average Bonchev–Trinajstić information content (AvgIpc) is 1.52. The summed E-state index contributed by atoms with van der Waals surface area (Å²) in [6.45, 7) is 0. The van der Waals surface area contributed by atoms with Gasteiger partial charge in [-0.15, -0.1) is 0 Å². The van der Waals surface area contributed by atoms with Crippen molar-refractivity contribution < 1.29 is 0 Å². The van der Waals surface area contributed by atoms with Gasteiger partial charge in [0.05, 0.1) is 56.0 Å². The van der Waals surface area contributed by atoms with E-state index in [1.807, 2.05) is 72.1 Å². The minimum atomic E-state index is -0.469. The Labute approximate surface area is 749 Å². The van der Waals surface area contributed by atoms with Crippen LogP contribution in [0.25, 0.3) is 178 Å². The van der Waals surface area contributed by atoms with Crippen LogP contribution in [0.3, 0.4) is 0 Å². The molecule has 0 amide bonds. The fourth-order valence-corrected chi connectivity index (χ4v) is 22.9. The minimum absolute atomic E-state index is 0.462. The zero-order valence-electron chi connectivity index (χ0n) is 69.2. The Morgan fingerprint density at radius 3 is 0.844 bits per heavy atom. The summed E-state index contributed by atoms with van der Waals surface area (Å²) in [5.74, 6) is 1.41. The van der Waals surface area contributed by atoms with Gasteiger partial charge in [-0.25, -0.2) is 29.9 Å². The number of hydrogen-bond acceptors (Lipinski definition) is 8. The molecule has 2 aliphatic carbocycles. The fourth-order valence-electron chi connectivity index (χ4n) is 20.5. The van der Waals surface area contributed by atoms with Gasteiger partial charge in [-0.1, -0.05) is 394 Å². The first kappa shape index (κ1) is 74.8. The highest BCUT2D eigenvalue weighted by Gasteiger charge is 2.52. The van der Waals surface area contributed by atoms with Crippen LogP contribution in [0.15, 0.2) is 468 Å². The van der Waals surface area contributed by atoms with E-state index in [-0.39, 0.29) is 0 Å². The Morgan fingerprint density at radius 2 is 0.445 bits per heavy atom. The van der Waals surface area contributed by atoms with Gasteiger partial charge in [-0.3, -0.25) is 0 Å². The molecule has 22 aromatic rings. The third-order valence-corrected chi connectivity index (χ3v) is 28.6. The second-order valence-electron chi connectivity index (χ2n) is 33.3. The van der Waals surface area contributed by atoms with Gasteiger partial charge < -0.3 is 0 Å². The first-order valence-electron chi connectivity index (χ1n) is 43.5. The van der Waals surface area contributed by atoms with Crippen LogP contribution in [-0.4, -0.2) is 29.9 Å². The number of hydrogen-bond donors (Lipinski definition) is 0. The number of aromatic nitrogens is 6. The van der Waals surface area contributed by atoms with Crippen LogP contribution < -0.4 is 0 Å². The van der Waals surface area contributed by atoms with Gasteiger partial charge in [0.1, 0.15) is 0 Å². The third kappa shape index (κ3) is 12.2. The first-order chi connectivity index (χ1) is 63.4. The number of fused-ring (bicyclic) bond motifs is 24. The van der Waals surface area contributed by atoms with Gasteiger partial charge in [-0.2, -0.15) is 0 Å². The number of pyridine rings is 2. The maximum atomic E-state index is 5.56. The van der Waals surface area contributed by atoms with E-state index < -0.39 is 10.8 Å². The Balaban J connectivity index is 0.000000139. The standard InChI is InChI=1S/2C60H37N3S/c1-4-17-38(18-5-1)53-37-54(63-59(62-53)40-21-8-3-9-22-40)43-24-16-23-41(33-43)42-31-32-45-46-36-52-47(35-48(46)58(61-55(45)34-42)39-19-6-2-7-20-39)44-25-10-11-26-49(44)60(52)50-27-12-14-29-56(50)64-57-30-15-13-28-51(57)60;1-4-16-39(17-5-1)53-37-54(63-59(62-53)42-20-8-3-9-21-42)40-30-28-38(29-31-40)43-32-33-45-46-36-52-47(35-48(46)58(61-55(45)34-43)41-18-6-2-7-19-41)44-22-10-11-23-49(44)60(52)50-24-12-14-26-56(50)64-57-27-15-13-25-51(57)60/h2*1-37H. The molecule has 0 unspecified atom stereocenters. The van der Waals surface area contributed by atoms with Gasteiger partial charge >= 0.3 is 0 Å². The zero-order valence-corrected chi connectivity index (χ0v) is 70.9. The quantitative estimate of drug-likeness (QED) is 0.125. The molecule has 2 aliphatic heterocycles. The topological polar surface area (TPSA) is 77.3 Å². The van der Waals surface area contributed by atoms with E-state index in [0.29, 0.717) is 11.6 Å². The lowest BCUT2D eigenvalue weighted by Crippen LogP contribution is -2.31. The molecule has 0 radical (unpaired) electrons. The van der Waals surface area contributed by atoms with Crippen molar-refractivity contribution in [3.63, 3.8) is 0 Å². The maximum Gasteiger partial charge on any atom is 0.160 e. The van der Waals surface area contributed by atoms with Gasteiger partial charge in [0.2, 0.25) is 0 Å². The fraction of sp³-hybridized carbons (Fsp3) is 0.0167. The monoisotopic (exact) mass is 1660 g/mol. The molecule has 8 heteroatoms. The van der Waals surface area contributed by atoms with E-state index in [1.165, 1.54) is 97.1 Å². The molecule has 0 atom stereocenters. The smallest absolute Gasteiger partial charge is 0.160 e. The highest BCUT2D eigenvalue weighted by molar-refractivity contribution is 7.99. The Kier molecular flexibility index (Phi) is 17.8. The van der Waals surface area contributed by atoms with Gasteiger partial charge in [-0.05, 0) is 179 Å². The summed E-state index contributed by atoms with van der Waals surface area (Å²) in [7, 11) is 0. The number of rotatable bonds is 10. The van der Waals surface area contributed by atoms with Gasteiger partial charge in [0.15, 0.2) is 11.6 Å². The van der Waals surface area contributed by atoms with Gasteiger partial charge in [0, 0.05) is 85.6 Å². The zero-order chi connectivity index (χ0) is 84.4. The van der Waals surface area contributed by atoms with Crippen molar-refractivity contribution in [2.24, 2.45) is 0 Å². The van der Waals surface area contributed by atoms with E-state index in [0.717, 1.165) is 134 Å². The number of nitrogens with zero attached hydrogens (tertiary/aromatic N) is 6. The van der Waals surface area contributed by atoms with Crippen LogP contribution >= 0.6 is 23.5 Å². The van der Waals surface area contributed by atoms with Gasteiger partial charge in [0.25, 0.3) is 0 Å². The Morgan fingerprint density at radius 1 is 0.156 bits per heavy atom. The Hall–Kier alpha value is -15.8. The molecular weight excluding hydrogens is 1590 g/mol. The summed E-state index contributed by atoms with van der Waals surface area (Å²) in [5.41, 5.74) is 35.0. The lowest BCUT2D eigenvalue weighted by Gasteiger charge is -2.39. The van der Waals surface area contributed by atoms with Crippen molar-refractivity contribution in [3.05, 3.63) is 493 Å².